The molecule has 9 nitrogen and oxygen atoms in total. The number of amidine groups is 1. The van der Waals surface area contributed by atoms with Gasteiger partial charge in [-0.3, -0.25) is 10.3 Å². The fraction of sp³-hybridized carbons (Fsp3) is 0.704. The molecule has 0 amide bonds. The van der Waals surface area contributed by atoms with Crippen LogP contribution in [0.25, 0.3) is 0 Å². The van der Waals surface area contributed by atoms with E-state index in [-0.39, 0.29) is 18.2 Å². The van der Waals surface area contributed by atoms with Gasteiger partial charge >= 0.3 is 16.2 Å². The number of nitrogens with zero attached hydrogens (tertiary/aromatic N) is 4. The average Bonchev–Trinajstić information content (AvgIpc) is 2.92. The summed E-state index contributed by atoms with van der Waals surface area (Å²) in [7, 11) is -2.47. The molecule has 1 saturated heterocycles. The molecule has 2 heterocycles. The van der Waals surface area contributed by atoms with Crippen molar-refractivity contribution in [2.24, 2.45) is 9.39 Å². The summed E-state index contributed by atoms with van der Waals surface area (Å²) in [6.45, 7) is 3.35. The minimum absolute atomic E-state index is 0.0367. The Morgan fingerprint density at radius 3 is 2.62 bits per heavy atom. The normalized spacial score (nSPS) is 25.4. The second-order valence-corrected chi connectivity index (χ2v) is 12.0. The van der Waals surface area contributed by atoms with Gasteiger partial charge in [-0.15, -0.1) is 0 Å². The van der Waals surface area contributed by atoms with Crippen LogP contribution in [-0.4, -0.2) is 64.1 Å². The Bertz CT molecular complexity index is 1090. The van der Waals surface area contributed by atoms with Crippen LogP contribution in [-0.2, 0) is 26.1 Å². The van der Waals surface area contributed by atoms with Crippen LogP contribution < -0.4 is 10.2 Å². The third-order valence-corrected chi connectivity index (χ3v) is 9.35. The largest absolute Gasteiger partial charge is 0.468 e. The van der Waals surface area contributed by atoms with E-state index in [9.17, 15) is 8.42 Å². The third kappa shape index (κ3) is 6.06. The van der Waals surface area contributed by atoms with Crippen molar-refractivity contribution in [3.63, 3.8) is 0 Å². The van der Waals surface area contributed by atoms with E-state index >= 15 is 0 Å². The van der Waals surface area contributed by atoms with Crippen molar-refractivity contribution in [2.75, 3.05) is 38.3 Å². The van der Waals surface area contributed by atoms with Gasteiger partial charge in [0.2, 0.25) is 5.96 Å². The van der Waals surface area contributed by atoms with E-state index in [4.69, 9.17) is 9.47 Å². The van der Waals surface area contributed by atoms with Gasteiger partial charge in [-0.25, -0.2) is 4.31 Å². The maximum atomic E-state index is 12.9. The van der Waals surface area contributed by atoms with Crippen molar-refractivity contribution in [2.45, 2.75) is 89.2 Å². The molecule has 204 valence electrons. The predicted octanol–water partition coefficient (Wildman–Crippen LogP) is 4.30. The monoisotopic (exact) mass is 531 g/mol. The van der Waals surface area contributed by atoms with Gasteiger partial charge in [-0.2, -0.15) is 8.42 Å². The Morgan fingerprint density at radius 2 is 1.84 bits per heavy atom. The molecular weight excluding hydrogens is 490 g/mol. The summed E-state index contributed by atoms with van der Waals surface area (Å²) in [5.74, 6) is 0.313. The molecule has 1 aromatic rings. The molecule has 0 bridgehead atoms. The Morgan fingerprint density at radius 1 is 1.05 bits per heavy atom. The van der Waals surface area contributed by atoms with Crippen LogP contribution in [0.5, 0.6) is 0 Å². The smallest absolute Gasteiger partial charge is 0.351 e. The number of benzene rings is 1. The number of methoxy groups -OCH3 is 1. The molecule has 2 fully saturated rings. The van der Waals surface area contributed by atoms with Gasteiger partial charge in [0.15, 0.2) is 0 Å². The number of anilines is 1. The van der Waals surface area contributed by atoms with Crippen LogP contribution in [0.2, 0.25) is 0 Å². The SMILES string of the molecule is COC1=NS(=O)(=O)N(C2CCCCC2)C(=NCCCOC2CCCc3c2cccc3N2CCCCC2)N1. The first-order valence-electron chi connectivity index (χ1n) is 14.0. The van der Waals surface area contributed by atoms with Gasteiger partial charge in [-0.1, -0.05) is 35.8 Å². The molecule has 1 saturated carbocycles. The maximum absolute atomic E-state index is 12.9. The van der Waals surface area contributed by atoms with E-state index in [0.717, 1.165) is 64.5 Å². The van der Waals surface area contributed by atoms with E-state index in [1.54, 1.807) is 0 Å². The van der Waals surface area contributed by atoms with Crippen LogP contribution >= 0.6 is 0 Å². The molecule has 1 N–H and O–H groups in total. The molecule has 1 aromatic carbocycles. The van der Waals surface area contributed by atoms with Crippen LogP contribution in [0.4, 0.5) is 5.69 Å². The number of aliphatic imine (C=N–C) groups is 1. The number of ether oxygens (including phenoxy) is 2. The van der Waals surface area contributed by atoms with Crippen LogP contribution in [0.15, 0.2) is 27.6 Å². The first-order chi connectivity index (χ1) is 18.1. The number of hydrogen-bond donors (Lipinski definition) is 1. The summed E-state index contributed by atoms with van der Waals surface area (Å²) < 4.78 is 42.5. The Balaban J connectivity index is 1.21. The fourth-order valence-electron chi connectivity index (χ4n) is 6.17. The topological polar surface area (TPSA) is 95.8 Å². The molecule has 5 rings (SSSR count). The lowest BCUT2D eigenvalue weighted by molar-refractivity contribution is 0.0403. The Hall–Kier alpha value is -2.33. The molecule has 2 aliphatic carbocycles. The zero-order chi connectivity index (χ0) is 25.7. The van der Waals surface area contributed by atoms with Gasteiger partial charge in [-0.05, 0) is 75.0 Å². The third-order valence-electron chi connectivity index (χ3n) is 7.98. The molecule has 37 heavy (non-hydrogen) atoms. The molecule has 0 spiro atoms. The van der Waals surface area contributed by atoms with Crippen LogP contribution in [0, 0.1) is 0 Å². The van der Waals surface area contributed by atoms with Gasteiger partial charge in [0.05, 0.1) is 13.2 Å². The summed E-state index contributed by atoms with van der Waals surface area (Å²) in [6.07, 6.45) is 12.8. The number of guanidine groups is 1. The first kappa shape index (κ1) is 26.3. The van der Waals surface area contributed by atoms with Gasteiger partial charge in [0.25, 0.3) is 0 Å². The maximum Gasteiger partial charge on any atom is 0.351 e. The minimum Gasteiger partial charge on any atom is -0.468 e. The van der Waals surface area contributed by atoms with E-state index in [1.165, 1.54) is 47.5 Å². The van der Waals surface area contributed by atoms with Crippen molar-refractivity contribution in [1.82, 2.24) is 9.62 Å². The zero-order valence-corrected chi connectivity index (χ0v) is 22.8. The lowest BCUT2D eigenvalue weighted by Gasteiger charge is -2.36. The van der Waals surface area contributed by atoms with E-state index < -0.39 is 10.2 Å². The second-order valence-electron chi connectivity index (χ2n) is 10.5. The van der Waals surface area contributed by atoms with Crippen molar-refractivity contribution >= 4 is 27.9 Å². The summed E-state index contributed by atoms with van der Waals surface area (Å²) >= 11 is 0. The van der Waals surface area contributed by atoms with Crippen LogP contribution in [0.3, 0.4) is 0 Å². The molecule has 2 aliphatic heterocycles. The quantitative estimate of drug-likeness (QED) is 0.527. The lowest BCUT2D eigenvalue weighted by atomic mass is 9.87. The van der Waals surface area contributed by atoms with Crippen LogP contribution in [0.1, 0.15) is 87.9 Å². The zero-order valence-electron chi connectivity index (χ0n) is 22.0. The molecule has 10 heteroatoms. The van der Waals surface area contributed by atoms with Crippen molar-refractivity contribution in [3.8, 4) is 0 Å². The number of hydrogen-bond acceptors (Lipinski definition) is 6. The molecule has 0 aromatic heterocycles. The minimum atomic E-state index is -3.87. The van der Waals surface area contributed by atoms with Crippen molar-refractivity contribution < 1.29 is 17.9 Å². The molecule has 1 unspecified atom stereocenters. The van der Waals surface area contributed by atoms with E-state index in [1.807, 2.05) is 0 Å². The molecule has 1 atom stereocenters. The summed E-state index contributed by atoms with van der Waals surface area (Å²) in [6, 6.07) is 6.54. The molecular formula is C27H41N5O4S. The predicted molar refractivity (Wildman–Crippen MR) is 146 cm³/mol. The van der Waals surface area contributed by atoms with Gasteiger partial charge in [0.1, 0.15) is 0 Å². The number of piperidine rings is 1. The molecule has 4 aliphatic rings. The number of fused-ring (bicyclic) bond motifs is 1. The standard InChI is InChI=1S/C27H41N5O4S/c1-35-27-29-26(32(37(33,34)30-27)21-11-4-2-5-12-21)28-17-10-20-36-25-16-9-13-22-23(25)14-8-15-24(22)31-18-6-3-7-19-31/h8,14-15,21,25H,2-7,9-13,16-20H2,1H3,(H,28,29,30). The lowest BCUT2D eigenvalue weighted by Crippen LogP contribution is -2.56. The first-order valence-corrected chi connectivity index (χ1v) is 15.4. The van der Waals surface area contributed by atoms with Gasteiger partial charge < -0.3 is 14.4 Å². The van der Waals surface area contributed by atoms with Crippen molar-refractivity contribution in [1.29, 1.82) is 0 Å². The Kier molecular flexibility index (Phi) is 8.54. The summed E-state index contributed by atoms with van der Waals surface area (Å²) in [4.78, 5) is 7.20. The molecule has 0 radical (unpaired) electrons. The fourth-order valence-corrected chi connectivity index (χ4v) is 7.50. The Labute approximate surface area is 221 Å². The highest BCUT2D eigenvalue weighted by molar-refractivity contribution is 7.88. The highest BCUT2D eigenvalue weighted by Crippen LogP contribution is 2.38. The second kappa shape index (κ2) is 12.0. The van der Waals surface area contributed by atoms with E-state index in [0.29, 0.717) is 25.5 Å². The number of rotatable bonds is 7. The summed E-state index contributed by atoms with van der Waals surface area (Å²) in [5.41, 5.74) is 4.21. The van der Waals surface area contributed by atoms with E-state index in [2.05, 4.69) is 37.8 Å². The average molecular weight is 532 g/mol. The summed E-state index contributed by atoms with van der Waals surface area (Å²) in [5, 5.41) is 2.98. The number of nitrogens with one attached hydrogen (secondary N) is 1. The van der Waals surface area contributed by atoms with Gasteiger partial charge in [0, 0.05) is 38.0 Å². The highest BCUT2D eigenvalue weighted by Gasteiger charge is 2.38. The van der Waals surface area contributed by atoms with Crippen molar-refractivity contribution in [3.05, 3.63) is 29.3 Å². The highest BCUT2D eigenvalue weighted by atomic mass is 32.2.